The lowest BCUT2D eigenvalue weighted by Crippen LogP contribution is -1.99. The molecular weight excluding hydrogens is 266 g/mol. The van der Waals surface area contributed by atoms with E-state index < -0.39 is 9.06 Å². The molecule has 0 spiro atoms. The Morgan fingerprint density at radius 1 is 1.39 bits per heavy atom. The summed E-state index contributed by atoms with van der Waals surface area (Å²) in [6, 6.07) is 3.97. The molecule has 1 unspecified atom stereocenters. The third-order valence-electron chi connectivity index (χ3n) is 2.97. The van der Waals surface area contributed by atoms with E-state index in [0.717, 1.165) is 11.5 Å². The number of fused-ring (bicyclic) bond motifs is 1. The first-order chi connectivity index (χ1) is 8.74. The Morgan fingerprint density at radius 2 is 2.28 bits per heavy atom. The van der Waals surface area contributed by atoms with E-state index >= 15 is 0 Å². The Labute approximate surface area is 109 Å². The van der Waals surface area contributed by atoms with Gasteiger partial charge in [0.15, 0.2) is 11.5 Å². The molecule has 0 saturated carbocycles. The van der Waals surface area contributed by atoms with Crippen molar-refractivity contribution in [2.75, 3.05) is 11.3 Å². The minimum atomic E-state index is -0.656. The van der Waals surface area contributed by atoms with E-state index in [2.05, 4.69) is 27.5 Å². The molecule has 92 valence electrons. The molecule has 1 saturated heterocycles. The minimum absolute atomic E-state index is 0.656. The highest BCUT2D eigenvalue weighted by Gasteiger charge is 2.37. The lowest BCUT2D eigenvalue weighted by Gasteiger charge is -2.04. The van der Waals surface area contributed by atoms with E-state index in [1.165, 1.54) is 10.1 Å². The van der Waals surface area contributed by atoms with Crippen LogP contribution in [0.1, 0.15) is 0 Å². The van der Waals surface area contributed by atoms with Crippen molar-refractivity contribution in [3.63, 3.8) is 0 Å². The molecule has 0 radical (unpaired) electrons. The van der Waals surface area contributed by atoms with Gasteiger partial charge in [-0.1, -0.05) is 10.8 Å². The molecule has 7 heteroatoms. The van der Waals surface area contributed by atoms with Crippen LogP contribution in [0.3, 0.4) is 0 Å². The molecule has 1 aliphatic heterocycles. The fourth-order valence-corrected chi connectivity index (χ4v) is 5.48. The molecule has 0 amide bonds. The lowest BCUT2D eigenvalue weighted by atomic mass is 10.5. The normalized spacial score (nSPS) is 26.1. The molecular formula is C11H11N5S2. The van der Waals surface area contributed by atoms with Gasteiger partial charge in [-0.25, -0.2) is 14.5 Å². The number of nitrogens with zero attached hydrogens (tertiary/aromatic N) is 5. The summed E-state index contributed by atoms with van der Waals surface area (Å²) in [5.41, 5.74) is 0.912. The summed E-state index contributed by atoms with van der Waals surface area (Å²) in [4.78, 5) is 8.69. The average molecular weight is 277 g/mol. The van der Waals surface area contributed by atoms with Gasteiger partial charge in [0.2, 0.25) is 0 Å². The number of hydrogen-bond donors (Lipinski definition) is 0. The fraction of sp³-hybridized carbons (Fsp3) is 0.182. The molecule has 5 nitrogen and oxygen atoms in total. The van der Waals surface area contributed by atoms with Crippen LogP contribution in [0.25, 0.3) is 11.5 Å². The van der Waals surface area contributed by atoms with Crippen LogP contribution < -0.4 is 0 Å². The smallest absolute Gasteiger partial charge is 0.158 e. The molecule has 1 fully saturated rings. The molecule has 0 aromatic carbocycles. The highest BCUT2D eigenvalue weighted by molar-refractivity contribution is 9.08. The van der Waals surface area contributed by atoms with Gasteiger partial charge in [-0.3, -0.25) is 4.57 Å². The van der Waals surface area contributed by atoms with Gasteiger partial charge < -0.3 is 0 Å². The zero-order chi connectivity index (χ0) is 12.2. The van der Waals surface area contributed by atoms with Crippen molar-refractivity contribution in [2.24, 2.45) is 0 Å². The topological polar surface area (TPSA) is 48.0 Å². The van der Waals surface area contributed by atoms with Crippen LogP contribution in [0, 0.1) is 0 Å². The van der Waals surface area contributed by atoms with Crippen molar-refractivity contribution in [1.29, 1.82) is 0 Å². The van der Waals surface area contributed by atoms with E-state index in [1.54, 1.807) is 12.5 Å². The summed E-state index contributed by atoms with van der Waals surface area (Å²) in [6.07, 6.45) is 9.74. The maximum atomic E-state index is 4.66. The molecule has 0 bridgehead atoms. The van der Waals surface area contributed by atoms with E-state index in [9.17, 15) is 0 Å². The predicted octanol–water partition coefficient (Wildman–Crippen LogP) is 2.33. The average Bonchev–Trinajstić information content (AvgIpc) is 2.89. The van der Waals surface area contributed by atoms with Gasteiger partial charge in [0.1, 0.15) is 11.4 Å². The van der Waals surface area contributed by atoms with Crippen LogP contribution >= 0.6 is 19.9 Å². The zero-order valence-corrected chi connectivity index (χ0v) is 11.4. The van der Waals surface area contributed by atoms with E-state index in [1.807, 2.05) is 38.2 Å². The Bertz CT molecular complexity index is 714. The molecule has 3 aromatic rings. The zero-order valence-electron chi connectivity index (χ0n) is 9.72. The van der Waals surface area contributed by atoms with E-state index in [4.69, 9.17) is 0 Å². The fourth-order valence-electron chi connectivity index (χ4n) is 1.78. The van der Waals surface area contributed by atoms with Crippen LogP contribution in [0.2, 0.25) is 0 Å². The van der Waals surface area contributed by atoms with Gasteiger partial charge in [0.05, 0.1) is 6.20 Å². The van der Waals surface area contributed by atoms with Crippen LogP contribution in [0.5, 0.6) is 0 Å². The van der Waals surface area contributed by atoms with Crippen molar-refractivity contribution in [1.82, 2.24) is 24.1 Å². The maximum absolute atomic E-state index is 4.66. The van der Waals surface area contributed by atoms with Crippen molar-refractivity contribution in [3.05, 3.63) is 37.1 Å². The Balaban J connectivity index is 1.85. The first kappa shape index (κ1) is 10.5. The molecule has 1 atom stereocenters. The summed E-state index contributed by atoms with van der Waals surface area (Å²) in [7, 11) is 1.35. The van der Waals surface area contributed by atoms with Gasteiger partial charge in [-0.15, -0.1) is 14.2 Å². The van der Waals surface area contributed by atoms with Crippen LogP contribution in [0.15, 0.2) is 42.1 Å². The van der Waals surface area contributed by atoms with Crippen molar-refractivity contribution in [3.8, 4) is 5.82 Å². The third kappa shape index (κ3) is 1.54. The largest absolute Gasteiger partial charge is 0.289 e. The first-order valence-corrected chi connectivity index (χ1v) is 9.21. The molecule has 18 heavy (non-hydrogen) atoms. The van der Waals surface area contributed by atoms with Gasteiger partial charge in [0.25, 0.3) is 0 Å². The molecule has 1 aliphatic rings. The highest BCUT2D eigenvalue weighted by atomic mass is 33.2. The van der Waals surface area contributed by atoms with Crippen molar-refractivity contribution in [2.45, 2.75) is 5.03 Å². The first-order valence-electron chi connectivity index (χ1n) is 5.50. The second kappa shape index (κ2) is 3.52. The Kier molecular flexibility index (Phi) is 2.04. The highest BCUT2D eigenvalue weighted by Crippen LogP contribution is 2.79. The predicted molar refractivity (Wildman–Crippen MR) is 74.3 cm³/mol. The molecule has 4 heterocycles. The van der Waals surface area contributed by atoms with E-state index in [-0.39, 0.29) is 0 Å². The minimum Gasteiger partial charge on any atom is -0.289 e. The lowest BCUT2D eigenvalue weighted by molar-refractivity contribution is 0.862. The Hall–Kier alpha value is -1.47. The molecule has 3 aromatic heterocycles. The van der Waals surface area contributed by atoms with Crippen molar-refractivity contribution >= 4 is 25.5 Å². The summed E-state index contributed by atoms with van der Waals surface area (Å²) < 4.78 is 3.75. The van der Waals surface area contributed by atoms with Crippen molar-refractivity contribution < 1.29 is 0 Å². The summed E-state index contributed by atoms with van der Waals surface area (Å²) in [5.74, 6) is 0.854. The van der Waals surface area contributed by atoms with Crippen LogP contribution in [-0.2, 0) is 0 Å². The summed E-state index contributed by atoms with van der Waals surface area (Å²) in [6.45, 7) is 0. The monoisotopic (exact) mass is 277 g/mol. The Morgan fingerprint density at radius 3 is 3.00 bits per heavy atom. The summed E-state index contributed by atoms with van der Waals surface area (Å²) >= 11 is 0. The maximum Gasteiger partial charge on any atom is 0.158 e. The molecule has 0 N–H and O–H groups in total. The number of hydrogen-bond acceptors (Lipinski definition) is 4. The molecule has 0 aliphatic carbocycles. The number of imidazole rings is 2. The number of aromatic nitrogens is 5. The number of rotatable bonds is 2. The summed E-state index contributed by atoms with van der Waals surface area (Å²) in [5, 5.41) is 6.99. The second-order valence-corrected chi connectivity index (χ2v) is 10.8. The van der Waals surface area contributed by atoms with Gasteiger partial charge in [-0.05, 0) is 18.4 Å². The van der Waals surface area contributed by atoms with Crippen LogP contribution in [0.4, 0.5) is 0 Å². The quantitative estimate of drug-likeness (QED) is 0.533. The SMILES string of the molecule is CS1(c2cn3nc(-n4ccnc4)ccc3n2)CS1. The van der Waals surface area contributed by atoms with Gasteiger partial charge >= 0.3 is 0 Å². The second-order valence-electron chi connectivity index (χ2n) is 4.28. The van der Waals surface area contributed by atoms with Crippen LogP contribution in [-0.4, -0.2) is 35.5 Å². The standard InChI is InChI=1S/C11H11N5S2/c1-18(8-17-18)11-6-16-9(13-11)2-3-10(14-16)15-5-4-12-7-15/h2-7H,8H2,1H3. The molecule has 4 rings (SSSR count). The van der Waals surface area contributed by atoms with Gasteiger partial charge in [-0.2, -0.15) is 0 Å². The van der Waals surface area contributed by atoms with E-state index in [0.29, 0.717) is 0 Å². The van der Waals surface area contributed by atoms with Gasteiger partial charge in [0, 0.05) is 17.5 Å². The third-order valence-corrected chi connectivity index (χ3v) is 8.33.